The van der Waals surface area contributed by atoms with E-state index in [9.17, 15) is 14.0 Å². The Bertz CT molecular complexity index is 699. The van der Waals surface area contributed by atoms with Gasteiger partial charge in [0.1, 0.15) is 5.82 Å². The lowest BCUT2D eigenvalue weighted by molar-refractivity contribution is -0.116. The fraction of sp³-hybridized carbons (Fsp3) is 0.263. The van der Waals surface area contributed by atoms with Gasteiger partial charge in [-0.15, -0.1) is 0 Å². The van der Waals surface area contributed by atoms with Crippen molar-refractivity contribution in [3.05, 3.63) is 59.9 Å². The van der Waals surface area contributed by atoms with E-state index >= 15 is 0 Å². The van der Waals surface area contributed by atoms with Crippen LogP contribution in [0, 0.1) is 5.82 Å². The summed E-state index contributed by atoms with van der Waals surface area (Å²) in [6.07, 6.45) is 3.41. The summed E-state index contributed by atoms with van der Waals surface area (Å²) in [5, 5.41) is 5.49. The predicted molar refractivity (Wildman–Crippen MR) is 93.6 cm³/mol. The maximum atomic E-state index is 12.9. The van der Waals surface area contributed by atoms with Gasteiger partial charge in [0.05, 0.1) is 0 Å². The van der Waals surface area contributed by atoms with Crippen LogP contribution in [-0.4, -0.2) is 11.8 Å². The molecule has 0 fully saturated rings. The van der Waals surface area contributed by atoms with Crippen molar-refractivity contribution in [3.8, 4) is 0 Å². The van der Waals surface area contributed by atoms with Crippen molar-refractivity contribution in [2.75, 3.05) is 10.6 Å². The van der Waals surface area contributed by atoms with Gasteiger partial charge in [-0.2, -0.15) is 0 Å². The molecule has 0 aliphatic carbocycles. The third-order valence-electron chi connectivity index (χ3n) is 3.52. The molecule has 4 nitrogen and oxygen atoms in total. The lowest BCUT2D eigenvalue weighted by atomic mass is 10.1. The van der Waals surface area contributed by atoms with E-state index in [2.05, 4.69) is 17.6 Å². The number of amides is 2. The van der Waals surface area contributed by atoms with Gasteiger partial charge >= 0.3 is 0 Å². The lowest BCUT2D eigenvalue weighted by Gasteiger charge is -2.08. The van der Waals surface area contributed by atoms with Crippen molar-refractivity contribution in [1.29, 1.82) is 0 Å². The molecule has 0 aliphatic rings. The number of halogens is 1. The molecule has 0 atom stereocenters. The van der Waals surface area contributed by atoms with Gasteiger partial charge in [-0.25, -0.2) is 4.39 Å². The highest BCUT2D eigenvalue weighted by molar-refractivity contribution is 6.05. The van der Waals surface area contributed by atoms with Crippen LogP contribution in [0.3, 0.4) is 0 Å². The first-order valence-electron chi connectivity index (χ1n) is 8.05. The SMILES string of the molecule is CCCCCC(=O)Nc1cccc(C(=O)Nc2ccc(F)cc2)c1. The molecule has 0 aliphatic heterocycles. The standard InChI is InChI=1S/C19H21FN2O2/c1-2-3-4-8-18(23)21-17-7-5-6-14(13-17)19(24)22-16-11-9-15(20)10-12-16/h5-7,9-13H,2-4,8H2,1H3,(H,21,23)(H,22,24). The number of carbonyl (C=O) groups excluding carboxylic acids is 2. The second-order valence-corrected chi connectivity index (χ2v) is 5.55. The summed E-state index contributed by atoms with van der Waals surface area (Å²) in [6, 6.07) is 12.3. The Balaban J connectivity index is 1.97. The van der Waals surface area contributed by atoms with Crippen LogP contribution in [0.5, 0.6) is 0 Å². The molecule has 0 heterocycles. The number of unbranched alkanes of at least 4 members (excludes halogenated alkanes) is 2. The smallest absolute Gasteiger partial charge is 0.255 e. The van der Waals surface area contributed by atoms with Crippen molar-refractivity contribution in [3.63, 3.8) is 0 Å². The summed E-state index contributed by atoms with van der Waals surface area (Å²) in [4.78, 5) is 24.1. The first-order chi connectivity index (χ1) is 11.6. The Morgan fingerprint density at radius 2 is 1.71 bits per heavy atom. The molecular weight excluding hydrogens is 307 g/mol. The second kappa shape index (κ2) is 8.82. The Labute approximate surface area is 141 Å². The highest BCUT2D eigenvalue weighted by Gasteiger charge is 2.08. The van der Waals surface area contributed by atoms with E-state index in [0.29, 0.717) is 23.4 Å². The highest BCUT2D eigenvalue weighted by Crippen LogP contribution is 2.15. The molecule has 0 saturated carbocycles. The minimum Gasteiger partial charge on any atom is -0.326 e. The third-order valence-corrected chi connectivity index (χ3v) is 3.52. The van der Waals surface area contributed by atoms with Crippen LogP contribution in [0.1, 0.15) is 43.0 Å². The molecule has 0 unspecified atom stereocenters. The first kappa shape index (κ1) is 17.7. The van der Waals surface area contributed by atoms with Gasteiger partial charge in [0, 0.05) is 23.4 Å². The third kappa shape index (κ3) is 5.50. The van der Waals surface area contributed by atoms with Crippen LogP contribution in [0.15, 0.2) is 48.5 Å². The summed E-state index contributed by atoms with van der Waals surface area (Å²) in [5.74, 6) is -0.732. The number of carbonyl (C=O) groups is 2. The Morgan fingerprint density at radius 3 is 2.42 bits per heavy atom. The van der Waals surface area contributed by atoms with E-state index in [-0.39, 0.29) is 17.6 Å². The summed E-state index contributed by atoms with van der Waals surface area (Å²) in [7, 11) is 0. The number of benzene rings is 2. The molecular formula is C19H21FN2O2. The Morgan fingerprint density at radius 1 is 0.958 bits per heavy atom. The Hall–Kier alpha value is -2.69. The number of nitrogens with one attached hydrogen (secondary N) is 2. The maximum absolute atomic E-state index is 12.9. The van der Waals surface area contributed by atoms with Crippen LogP contribution < -0.4 is 10.6 Å². The van der Waals surface area contributed by atoms with Gasteiger partial charge in [0.25, 0.3) is 5.91 Å². The quantitative estimate of drug-likeness (QED) is 0.730. The number of anilines is 2. The van der Waals surface area contributed by atoms with Crippen LogP contribution in [0.4, 0.5) is 15.8 Å². The van der Waals surface area contributed by atoms with Gasteiger partial charge in [0.15, 0.2) is 0 Å². The Kier molecular flexibility index (Phi) is 6.49. The fourth-order valence-corrected chi connectivity index (χ4v) is 2.23. The molecule has 2 aromatic rings. The molecule has 2 amide bonds. The predicted octanol–water partition coefficient (Wildman–Crippen LogP) is 4.60. The summed E-state index contributed by atoms with van der Waals surface area (Å²) >= 11 is 0. The van der Waals surface area contributed by atoms with Gasteiger partial charge < -0.3 is 10.6 Å². The average molecular weight is 328 g/mol. The molecule has 2 rings (SSSR count). The minimum absolute atomic E-state index is 0.0560. The van der Waals surface area contributed by atoms with Crippen LogP contribution in [-0.2, 0) is 4.79 Å². The molecule has 0 aromatic heterocycles. The van der Waals surface area contributed by atoms with E-state index < -0.39 is 0 Å². The summed E-state index contributed by atoms with van der Waals surface area (Å²) < 4.78 is 12.9. The van der Waals surface area contributed by atoms with Crippen LogP contribution >= 0.6 is 0 Å². The van der Waals surface area contributed by atoms with Gasteiger partial charge in [0.2, 0.25) is 5.91 Å². The number of hydrogen-bond acceptors (Lipinski definition) is 2. The van der Waals surface area contributed by atoms with Gasteiger partial charge in [-0.3, -0.25) is 9.59 Å². The van der Waals surface area contributed by atoms with Crippen molar-refractivity contribution >= 4 is 23.2 Å². The van der Waals surface area contributed by atoms with Crippen LogP contribution in [0.2, 0.25) is 0 Å². The first-order valence-corrected chi connectivity index (χ1v) is 8.05. The van der Waals surface area contributed by atoms with Crippen molar-refractivity contribution in [1.82, 2.24) is 0 Å². The number of rotatable bonds is 7. The molecule has 24 heavy (non-hydrogen) atoms. The molecule has 0 saturated heterocycles. The molecule has 0 spiro atoms. The summed E-state index contributed by atoms with van der Waals surface area (Å²) in [6.45, 7) is 2.08. The molecule has 5 heteroatoms. The average Bonchev–Trinajstić information content (AvgIpc) is 2.57. The fourth-order valence-electron chi connectivity index (χ4n) is 2.23. The molecule has 126 valence electrons. The monoisotopic (exact) mass is 328 g/mol. The van der Waals surface area contributed by atoms with Crippen molar-refractivity contribution < 1.29 is 14.0 Å². The maximum Gasteiger partial charge on any atom is 0.255 e. The minimum atomic E-state index is -0.360. The van der Waals surface area contributed by atoms with Gasteiger partial charge in [-0.05, 0) is 48.9 Å². The highest BCUT2D eigenvalue weighted by atomic mass is 19.1. The molecule has 0 bridgehead atoms. The van der Waals surface area contributed by atoms with E-state index in [1.165, 1.54) is 24.3 Å². The van der Waals surface area contributed by atoms with E-state index in [1.807, 2.05) is 0 Å². The molecule has 2 aromatic carbocycles. The second-order valence-electron chi connectivity index (χ2n) is 5.55. The van der Waals surface area contributed by atoms with Crippen molar-refractivity contribution in [2.24, 2.45) is 0 Å². The van der Waals surface area contributed by atoms with E-state index in [4.69, 9.17) is 0 Å². The molecule has 2 N–H and O–H groups in total. The van der Waals surface area contributed by atoms with Crippen LogP contribution in [0.25, 0.3) is 0 Å². The topological polar surface area (TPSA) is 58.2 Å². The molecule has 0 radical (unpaired) electrons. The zero-order valence-electron chi connectivity index (χ0n) is 13.6. The van der Waals surface area contributed by atoms with Crippen molar-refractivity contribution in [2.45, 2.75) is 32.6 Å². The number of hydrogen-bond donors (Lipinski definition) is 2. The zero-order chi connectivity index (χ0) is 17.4. The lowest BCUT2D eigenvalue weighted by Crippen LogP contribution is -2.14. The summed E-state index contributed by atoms with van der Waals surface area (Å²) in [5.41, 5.74) is 1.52. The van der Waals surface area contributed by atoms with E-state index in [1.54, 1.807) is 24.3 Å². The normalized spacial score (nSPS) is 10.2. The van der Waals surface area contributed by atoms with Gasteiger partial charge in [-0.1, -0.05) is 25.8 Å². The largest absolute Gasteiger partial charge is 0.326 e. The van der Waals surface area contributed by atoms with E-state index in [0.717, 1.165) is 19.3 Å². The zero-order valence-corrected chi connectivity index (χ0v) is 13.6.